The largest absolute Gasteiger partial charge is 0.508 e. The normalized spacial score (nSPS) is 14.3. The lowest BCUT2D eigenvalue weighted by Gasteiger charge is -2.13. The van der Waals surface area contributed by atoms with Crippen molar-refractivity contribution in [3.63, 3.8) is 0 Å². The molecular formula is C12H19NO3S. The zero-order valence-electron chi connectivity index (χ0n) is 10.4. The van der Waals surface area contributed by atoms with E-state index in [9.17, 15) is 9.32 Å². The van der Waals surface area contributed by atoms with Crippen LogP contribution in [0, 0.1) is 0 Å². The van der Waals surface area contributed by atoms with Crippen LogP contribution >= 0.6 is 0 Å². The fraction of sp³-hybridized carbons (Fsp3) is 0.500. The third-order valence-electron chi connectivity index (χ3n) is 2.41. The van der Waals surface area contributed by atoms with Crippen LogP contribution in [-0.4, -0.2) is 34.5 Å². The molecule has 0 bridgehead atoms. The molecule has 17 heavy (non-hydrogen) atoms. The van der Waals surface area contributed by atoms with Gasteiger partial charge in [0.1, 0.15) is 11.5 Å². The molecule has 96 valence electrons. The predicted octanol–water partition coefficient (Wildman–Crippen LogP) is 1.26. The van der Waals surface area contributed by atoms with Gasteiger partial charge in [-0.15, -0.1) is 0 Å². The SMILES string of the molecule is COc1ccc(O)c(CNC(C)CS(C)=O)c1. The van der Waals surface area contributed by atoms with Gasteiger partial charge in [0, 0.05) is 41.0 Å². The molecule has 2 atom stereocenters. The Labute approximate surface area is 104 Å². The summed E-state index contributed by atoms with van der Waals surface area (Å²) in [5.74, 6) is 1.56. The van der Waals surface area contributed by atoms with Crippen molar-refractivity contribution in [2.24, 2.45) is 0 Å². The van der Waals surface area contributed by atoms with Crippen LogP contribution in [0.3, 0.4) is 0 Å². The summed E-state index contributed by atoms with van der Waals surface area (Å²) in [6, 6.07) is 5.26. The van der Waals surface area contributed by atoms with Gasteiger partial charge in [-0.05, 0) is 25.1 Å². The number of phenols is 1. The predicted molar refractivity (Wildman–Crippen MR) is 69.9 cm³/mol. The Kier molecular flexibility index (Phi) is 5.44. The summed E-state index contributed by atoms with van der Waals surface area (Å²) in [6.45, 7) is 2.50. The summed E-state index contributed by atoms with van der Waals surface area (Å²) < 4.78 is 16.1. The number of nitrogens with one attached hydrogen (secondary N) is 1. The molecule has 0 aliphatic carbocycles. The molecule has 5 heteroatoms. The summed E-state index contributed by atoms with van der Waals surface area (Å²) in [7, 11) is 0.775. The van der Waals surface area contributed by atoms with E-state index in [1.54, 1.807) is 31.6 Å². The maximum absolute atomic E-state index is 11.0. The monoisotopic (exact) mass is 257 g/mol. The Hall–Kier alpha value is -1.07. The van der Waals surface area contributed by atoms with Crippen molar-refractivity contribution < 1.29 is 14.1 Å². The van der Waals surface area contributed by atoms with Crippen LogP contribution < -0.4 is 10.1 Å². The molecule has 0 spiro atoms. The first-order valence-electron chi connectivity index (χ1n) is 5.42. The highest BCUT2D eigenvalue weighted by molar-refractivity contribution is 7.84. The summed E-state index contributed by atoms with van der Waals surface area (Å²) >= 11 is 0. The van der Waals surface area contributed by atoms with Crippen molar-refractivity contribution in [3.05, 3.63) is 23.8 Å². The van der Waals surface area contributed by atoms with E-state index in [1.165, 1.54) is 0 Å². The number of aromatic hydroxyl groups is 1. The Morgan fingerprint density at radius 3 is 2.82 bits per heavy atom. The number of ether oxygens (including phenoxy) is 1. The number of hydrogen-bond donors (Lipinski definition) is 2. The summed E-state index contributed by atoms with van der Waals surface area (Å²) in [5, 5.41) is 12.9. The Bertz CT molecular complexity index is 395. The Morgan fingerprint density at radius 2 is 2.24 bits per heavy atom. The number of phenolic OH excluding ortho intramolecular Hbond substituents is 1. The summed E-state index contributed by atoms with van der Waals surface area (Å²) in [5.41, 5.74) is 0.776. The number of hydrogen-bond acceptors (Lipinski definition) is 4. The van der Waals surface area contributed by atoms with E-state index >= 15 is 0 Å². The molecule has 0 heterocycles. The van der Waals surface area contributed by atoms with Crippen molar-refractivity contribution in [2.45, 2.75) is 19.5 Å². The van der Waals surface area contributed by atoms with Crippen LogP contribution in [0.2, 0.25) is 0 Å². The van der Waals surface area contributed by atoms with Crippen molar-refractivity contribution in [3.8, 4) is 11.5 Å². The Morgan fingerprint density at radius 1 is 1.53 bits per heavy atom. The van der Waals surface area contributed by atoms with Gasteiger partial charge in [-0.1, -0.05) is 0 Å². The lowest BCUT2D eigenvalue weighted by Crippen LogP contribution is -2.30. The quantitative estimate of drug-likeness (QED) is 0.805. The smallest absolute Gasteiger partial charge is 0.120 e. The van der Waals surface area contributed by atoms with Crippen molar-refractivity contribution in [1.29, 1.82) is 0 Å². The molecule has 0 fully saturated rings. The molecule has 0 saturated carbocycles. The van der Waals surface area contributed by atoms with Gasteiger partial charge in [-0.3, -0.25) is 4.21 Å². The lowest BCUT2D eigenvalue weighted by molar-refractivity contribution is 0.409. The molecule has 0 aliphatic rings. The van der Waals surface area contributed by atoms with Gasteiger partial charge in [0.2, 0.25) is 0 Å². The molecule has 0 amide bonds. The molecule has 1 aromatic rings. The third kappa shape index (κ3) is 4.75. The minimum atomic E-state index is -0.815. The molecular weight excluding hydrogens is 238 g/mol. The van der Waals surface area contributed by atoms with Crippen molar-refractivity contribution in [1.82, 2.24) is 5.32 Å². The van der Waals surface area contributed by atoms with E-state index in [0.29, 0.717) is 18.0 Å². The summed E-state index contributed by atoms with van der Waals surface area (Å²) in [4.78, 5) is 0. The molecule has 1 rings (SSSR count). The van der Waals surface area contributed by atoms with Gasteiger partial charge in [0.05, 0.1) is 7.11 Å². The van der Waals surface area contributed by atoms with Gasteiger partial charge < -0.3 is 15.2 Å². The molecule has 0 radical (unpaired) electrons. The van der Waals surface area contributed by atoms with E-state index in [4.69, 9.17) is 4.74 Å². The fourth-order valence-electron chi connectivity index (χ4n) is 1.53. The van der Waals surface area contributed by atoms with Gasteiger partial charge in [-0.25, -0.2) is 0 Å². The lowest BCUT2D eigenvalue weighted by atomic mass is 10.2. The van der Waals surface area contributed by atoms with Gasteiger partial charge >= 0.3 is 0 Å². The highest BCUT2D eigenvalue weighted by Gasteiger charge is 2.07. The molecule has 2 N–H and O–H groups in total. The maximum atomic E-state index is 11.0. The Balaban J connectivity index is 2.59. The number of methoxy groups -OCH3 is 1. The van der Waals surface area contributed by atoms with Crippen LogP contribution in [-0.2, 0) is 17.3 Å². The van der Waals surface area contributed by atoms with E-state index in [2.05, 4.69) is 5.32 Å². The van der Waals surface area contributed by atoms with Crippen LogP contribution in [0.4, 0.5) is 0 Å². The number of rotatable bonds is 6. The first kappa shape index (κ1) is 14.0. The van der Waals surface area contributed by atoms with E-state index in [0.717, 1.165) is 5.56 Å². The van der Waals surface area contributed by atoms with Gasteiger partial charge in [-0.2, -0.15) is 0 Å². The van der Waals surface area contributed by atoms with Gasteiger partial charge in [0.25, 0.3) is 0 Å². The topological polar surface area (TPSA) is 58.6 Å². The van der Waals surface area contributed by atoms with Gasteiger partial charge in [0.15, 0.2) is 0 Å². The zero-order valence-corrected chi connectivity index (χ0v) is 11.2. The molecule has 4 nitrogen and oxygen atoms in total. The van der Waals surface area contributed by atoms with Crippen LogP contribution in [0.25, 0.3) is 0 Å². The minimum Gasteiger partial charge on any atom is -0.508 e. The molecule has 2 unspecified atom stereocenters. The molecule has 0 aromatic heterocycles. The van der Waals surface area contributed by atoms with Crippen LogP contribution in [0.5, 0.6) is 11.5 Å². The van der Waals surface area contributed by atoms with Crippen LogP contribution in [0.1, 0.15) is 12.5 Å². The van der Waals surface area contributed by atoms with E-state index < -0.39 is 10.8 Å². The van der Waals surface area contributed by atoms with Crippen molar-refractivity contribution in [2.75, 3.05) is 19.1 Å². The average molecular weight is 257 g/mol. The zero-order chi connectivity index (χ0) is 12.8. The second kappa shape index (κ2) is 6.61. The second-order valence-electron chi connectivity index (χ2n) is 4.02. The highest BCUT2D eigenvalue weighted by atomic mass is 32.2. The van der Waals surface area contributed by atoms with Crippen molar-refractivity contribution >= 4 is 10.8 Å². The third-order valence-corrected chi connectivity index (χ3v) is 3.38. The first-order valence-corrected chi connectivity index (χ1v) is 7.15. The first-order chi connectivity index (χ1) is 8.02. The molecule has 0 aliphatic heterocycles. The second-order valence-corrected chi connectivity index (χ2v) is 5.50. The van der Waals surface area contributed by atoms with Crippen LogP contribution in [0.15, 0.2) is 18.2 Å². The fourth-order valence-corrected chi connectivity index (χ4v) is 2.35. The van der Waals surface area contributed by atoms with E-state index in [1.807, 2.05) is 6.92 Å². The summed E-state index contributed by atoms with van der Waals surface area (Å²) in [6.07, 6.45) is 1.68. The molecule has 0 saturated heterocycles. The van der Waals surface area contributed by atoms with E-state index in [-0.39, 0.29) is 11.8 Å². The molecule has 1 aromatic carbocycles. The highest BCUT2D eigenvalue weighted by Crippen LogP contribution is 2.22. The maximum Gasteiger partial charge on any atom is 0.120 e. The minimum absolute atomic E-state index is 0.145. The number of benzene rings is 1. The standard InChI is InChI=1S/C12H19NO3S/c1-9(8-17(3)15)13-7-10-6-11(16-2)4-5-12(10)14/h4-6,9,13-14H,7-8H2,1-3H3. The average Bonchev–Trinajstić information content (AvgIpc) is 2.27.